The third kappa shape index (κ3) is 4.69. The minimum atomic E-state index is -0.449. The third-order valence-corrected chi connectivity index (χ3v) is 3.41. The van der Waals surface area contributed by atoms with Crippen molar-refractivity contribution >= 4 is 35.0 Å². The summed E-state index contributed by atoms with van der Waals surface area (Å²) in [4.78, 5) is 27.3. The van der Waals surface area contributed by atoms with Gasteiger partial charge in [-0.2, -0.15) is 0 Å². The molecule has 1 amide bonds. The smallest absolute Gasteiger partial charge is 0.337 e. The topological polar surface area (TPSA) is 94.3 Å². The van der Waals surface area contributed by atoms with Crippen LogP contribution in [0.4, 0.5) is 11.5 Å². The van der Waals surface area contributed by atoms with Crippen LogP contribution in [0.15, 0.2) is 36.5 Å². The van der Waals surface area contributed by atoms with Gasteiger partial charge in [0.2, 0.25) is 5.91 Å². The number of nitrogens with zero attached hydrogens (tertiary/aromatic N) is 1. The highest BCUT2D eigenvalue weighted by molar-refractivity contribution is 6.30. The molecular weight excluding hydrogens is 318 g/mol. The first-order valence-electron chi connectivity index (χ1n) is 6.87. The van der Waals surface area contributed by atoms with Gasteiger partial charge in [0.1, 0.15) is 5.82 Å². The van der Waals surface area contributed by atoms with Gasteiger partial charge in [-0.15, -0.1) is 0 Å². The first kappa shape index (κ1) is 16.8. The molecule has 2 aromatic rings. The molecule has 23 heavy (non-hydrogen) atoms. The van der Waals surface area contributed by atoms with Crippen LogP contribution in [-0.4, -0.2) is 24.0 Å². The number of hydrogen-bond donors (Lipinski definition) is 2. The summed E-state index contributed by atoms with van der Waals surface area (Å²) in [5, 5.41) is 3.18. The van der Waals surface area contributed by atoms with E-state index in [-0.39, 0.29) is 12.3 Å². The maximum absolute atomic E-state index is 11.9. The summed E-state index contributed by atoms with van der Waals surface area (Å²) in [7, 11) is 1.31. The van der Waals surface area contributed by atoms with E-state index in [9.17, 15) is 9.59 Å². The van der Waals surface area contributed by atoms with Crippen LogP contribution in [-0.2, 0) is 16.0 Å². The van der Waals surface area contributed by atoms with Crippen molar-refractivity contribution in [3.8, 4) is 0 Å². The Bertz CT molecular complexity index is 717. The maximum Gasteiger partial charge on any atom is 0.337 e. The molecular formula is C16H16ClN3O3. The van der Waals surface area contributed by atoms with E-state index in [1.807, 2.05) is 0 Å². The number of hydrogen-bond acceptors (Lipinski definition) is 5. The Morgan fingerprint density at radius 1 is 1.30 bits per heavy atom. The molecule has 120 valence electrons. The summed E-state index contributed by atoms with van der Waals surface area (Å²) >= 11 is 5.73. The largest absolute Gasteiger partial charge is 0.465 e. The zero-order valence-electron chi connectivity index (χ0n) is 12.5. The van der Waals surface area contributed by atoms with Gasteiger partial charge in [0, 0.05) is 18.3 Å². The Morgan fingerprint density at radius 3 is 2.70 bits per heavy atom. The van der Waals surface area contributed by atoms with Crippen molar-refractivity contribution in [3.05, 3.63) is 52.7 Å². The minimum Gasteiger partial charge on any atom is -0.465 e. The number of rotatable bonds is 5. The Balaban J connectivity index is 1.93. The highest BCUT2D eigenvalue weighted by atomic mass is 35.5. The zero-order chi connectivity index (χ0) is 16.8. The quantitative estimate of drug-likeness (QED) is 0.648. The van der Waals surface area contributed by atoms with Crippen LogP contribution < -0.4 is 11.1 Å². The second-order valence-electron chi connectivity index (χ2n) is 4.82. The zero-order valence-corrected chi connectivity index (χ0v) is 13.3. The van der Waals surface area contributed by atoms with Crippen LogP contribution >= 0.6 is 11.6 Å². The fraction of sp³-hybridized carbons (Fsp3) is 0.188. The second kappa shape index (κ2) is 7.60. The molecule has 0 saturated heterocycles. The lowest BCUT2D eigenvalue weighted by atomic mass is 10.0. The highest BCUT2D eigenvalue weighted by Gasteiger charge is 2.10. The number of aromatic nitrogens is 1. The number of nitrogens with two attached hydrogens (primary N) is 1. The van der Waals surface area contributed by atoms with Crippen LogP contribution in [0.5, 0.6) is 0 Å². The second-order valence-corrected chi connectivity index (χ2v) is 5.25. The molecule has 1 aromatic carbocycles. The first-order valence-corrected chi connectivity index (χ1v) is 7.25. The molecule has 0 unspecified atom stereocenters. The van der Waals surface area contributed by atoms with Gasteiger partial charge >= 0.3 is 5.97 Å². The number of methoxy groups -OCH3 is 1. The number of ether oxygens (including phenoxy) is 1. The molecule has 0 aliphatic rings. The van der Waals surface area contributed by atoms with Crippen LogP contribution in [0.3, 0.4) is 0 Å². The molecule has 6 nitrogen and oxygen atoms in total. The number of aryl methyl sites for hydroxylation is 1. The van der Waals surface area contributed by atoms with Crippen molar-refractivity contribution in [1.29, 1.82) is 0 Å². The number of halogens is 1. The molecule has 1 aromatic heterocycles. The lowest BCUT2D eigenvalue weighted by Gasteiger charge is -2.08. The lowest BCUT2D eigenvalue weighted by Crippen LogP contribution is -2.13. The van der Waals surface area contributed by atoms with Gasteiger partial charge < -0.3 is 15.8 Å². The standard InChI is InChI=1S/C16H16ClN3O3/c1-23-16(22)11-3-2-10(13(18)8-11)4-7-15(21)20-14-6-5-12(17)9-19-14/h2-3,5-6,8-9H,4,7,18H2,1H3,(H,19,20,21). The van der Waals surface area contributed by atoms with Gasteiger partial charge in [0.25, 0.3) is 0 Å². The third-order valence-electron chi connectivity index (χ3n) is 3.18. The fourth-order valence-corrected chi connectivity index (χ4v) is 2.08. The van der Waals surface area contributed by atoms with Crippen LogP contribution in [0.1, 0.15) is 22.3 Å². The Labute approximate surface area is 138 Å². The maximum atomic E-state index is 11.9. The normalized spacial score (nSPS) is 10.2. The van der Waals surface area contributed by atoms with Gasteiger partial charge in [-0.05, 0) is 36.2 Å². The number of carbonyl (C=O) groups excluding carboxylic acids is 2. The average Bonchev–Trinajstić information content (AvgIpc) is 2.55. The van der Waals surface area contributed by atoms with Gasteiger partial charge in [-0.3, -0.25) is 4.79 Å². The highest BCUT2D eigenvalue weighted by Crippen LogP contribution is 2.17. The van der Waals surface area contributed by atoms with E-state index in [2.05, 4.69) is 15.0 Å². The number of nitrogens with one attached hydrogen (secondary N) is 1. The van der Waals surface area contributed by atoms with E-state index < -0.39 is 5.97 Å². The van der Waals surface area contributed by atoms with Crippen molar-refractivity contribution in [2.75, 3.05) is 18.2 Å². The molecule has 0 bridgehead atoms. The molecule has 0 aliphatic heterocycles. The summed E-state index contributed by atoms with van der Waals surface area (Å²) in [6.45, 7) is 0. The van der Waals surface area contributed by atoms with Crippen LogP contribution in [0.2, 0.25) is 5.02 Å². The fourth-order valence-electron chi connectivity index (χ4n) is 1.97. The molecule has 0 saturated carbocycles. The van der Waals surface area contributed by atoms with Crippen molar-refractivity contribution < 1.29 is 14.3 Å². The molecule has 7 heteroatoms. The molecule has 3 N–H and O–H groups in total. The summed E-state index contributed by atoms with van der Waals surface area (Å²) in [6.07, 6.45) is 2.15. The van der Waals surface area contributed by atoms with Crippen molar-refractivity contribution in [1.82, 2.24) is 4.98 Å². The van der Waals surface area contributed by atoms with Crippen molar-refractivity contribution in [2.24, 2.45) is 0 Å². The van der Waals surface area contributed by atoms with E-state index >= 15 is 0 Å². The molecule has 1 heterocycles. The molecule has 0 spiro atoms. The van der Waals surface area contributed by atoms with Crippen molar-refractivity contribution in [3.63, 3.8) is 0 Å². The van der Waals surface area contributed by atoms with Gasteiger partial charge in [0.05, 0.1) is 17.7 Å². The molecule has 0 radical (unpaired) electrons. The van der Waals surface area contributed by atoms with E-state index in [1.54, 1.807) is 30.3 Å². The van der Waals surface area contributed by atoms with Crippen LogP contribution in [0.25, 0.3) is 0 Å². The van der Waals surface area contributed by atoms with E-state index in [4.69, 9.17) is 17.3 Å². The monoisotopic (exact) mass is 333 g/mol. The minimum absolute atomic E-state index is 0.184. The van der Waals surface area contributed by atoms with Gasteiger partial charge in [-0.1, -0.05) is 17.7 Å². The molecule has 0 aliphatic carbocycles. The SMILES string of the molecule is COC(=O)c1ccc(CCC(=O)Nc2ccc(Cl)cn2)c(N)c1. The van der Waals surface area contributed by atoms with E-state index in [0.29, 0.717) is 28.5 Å². The van der Waals surface area contributed by atoms with E-state index in [0.717, 1.165) is 5.56 Å². The lowest BCUT2D eigenvalue weighted by molar-refractivity contribution is -0.116. The summed E-state index contributed by atoms with van der Waals surface area (Å²) in [6, 6.07) is 8.15. The summed E-state index contributed by atoms with van der Waals surface area (Å²) < 4.78 is 4.63. The Kier molecular flexibility index (Phi) is 5.54. The summed E-state index contributed by atoms with van der Waals surface area (Å²) in [5.74, 6) is -0.195. The predicted octanol–water partition coefficient (Wildman–Crippen LogP) is 2.68. The number of benzene rings is 1. The number of carbonyl (C=O) groups is 2. The van der Waals surface area contributed by atoms with Crippen molar-refractivity contribution in [2.45, 2.75) is 12.8 Å². The van der Waals surface area contributed by atoms with Gasteiger partial charge in [-0.25, -0.2) is 9.78 Å². The first-order chi connectivity index (χ1) is 11.0. The number of amides is 1. The molecule has 2 rings (SSSR count). The molecule has 0 fully saturated rings. The Hall–Kier alpha value is -2.60. The number of nitrogen functional groups attached to an aromatic ring is 1. The van der Waals surface area contributed by atoms with E-state index in [1.165, 1.54) is 13.3 Å². The predicted molar refractivity (Wildman–Crippen MR) is 88.4 cm³/mol. The number of esters is 1. The number of pyridine rings is 1. The average molecular weight is 334 g/mol. The summed E-state index contributed by atoms with van der Waals surface area (Å²) in [5.41, 5.74) is 7.52. The molecule has 0 atom stereocenters. The Morgan fingerprint density at radius 2 is 2.09 bits per heavy atom. The number of anilines is 2. The van der Waals surface area contributed by atoms with Gasteiger partial charge in [0.15, 0.2) is 0 Å². The van der Waals surface area contributed by atoms with Crippen LogP contribution in [0, 0.1) is 0 Å².